The number of nitrogens with one attached hydrogen (secondary N) is 2. The molecule has 1 unspecified atom stereocenters. The molecule has 8 heteroatoms. The molecule has 2 N–H and O–H groups in total. The Balaban J connectivity index is 0.00000288. The zero-order chi connectivity index (χ0) is 16.8. The largest absolute Gasteiger partial charge is 0.351 e. The van der Waals surface area contributed by atoms with Crippen molar-refractivity contribution >= 4 is 41.3 Å². The molecular formula is C16H21F2IN4S. The first-order valence-corrected chi connectivity index (χ1v) is 8.26. The highest BCUT2D eigenvalue weighted by molar-refractivity contribution is 14.0. The molecule has 4 nitrogen and oxygen atoms in total. The number of thiazole rings is 1. The molecule has 0 aliphatic heterocycles. The van der Waals surface area contributed by atoms with Gasteiger partial charge in [-0.25, -0.2) is 13.8 Å². The second kappa shape index (κ2) is 9.87. The maximum absolute atomic E-state index is 13.3. The monoisotopic (exact) mass is 466 g/mol. The summed E-state index contributed by atoms with van der Waals surface area (Å²) in [6.45, 7) is 4.48. The summed E-state index contributed by atoms with van der Waals surface area (Å²) in [5, 5.41) is 9.42. The highest BCUT2D eigenvalue weighted by atomic mass is 127. The number of rotatable bonds is 5. The zero-order valence-electron chi connectivity index (χ0n) is 13.8. The van der Waals surface area contributed by atoms with E-state index in [2.05, 4.69) is 27.5 Å². The van der Waals surface area contributed by atoms with Gasteiger partial charge in [0, 0.05) is 12.4 Å². The third-order valence-corrected chi connectivity index (χ3v) is 4.40. The van der Waals surface area contributed by atoms with Gasteiger partial charge in [0.25, 0.3) is 0 Å². The minimum Gasteiger partial charge on any atom is -0.351 e. The SMILES string of the molecule is CCc1nc(CNC(=NC)NC(C)c2ccc(F)c(F)c2)cs1.I. The van der Waals surface area contributed by atoms with Gasteiger partial charge in [-0.2, -0.15) is 0 Å². The van der Waals surface area contributed by atoms with Gasteiger partial charge in [0.05, 0.1) is 23.3 Å². The lowest BCUT2D eigenvalue weighted by Gasteiger charge is -2.18. The number of hydrogen-bond acceptors (Lipinski definition) is 3. The van der Waals surface area contributed by atoms with Crippen molar-refractivity contribution in [3.63, 3.8) is 0 Å². The maximum atomic E-state index is 13.3. The second-order valence-corrected chi connectivity index (χ2v) is 5.99. The molecule has 1 heterocycles. The minimum atomic E-state index is -0.853. The van der Waals surface area contributed by atoms with Crippen LogP contribution in [0.1, 0.15) is 36.2 Å². The van der Waals surface area contributed by atoms with Crippen molar-refractivity contribution in [2.75, 3.05) is 7.05 Å². The van der Waals surface area contributed by atoms with E-state index < -0.39 is 11.6 Å². The summed E-state index contributed by atoms with van der Waals surface area (Å²) in [5.74, 6) is -1.12. The van der Waals surface area contributed by atoms with Gasteiger partial charge in [-0.05, 0) is 31.0 Å². The average molecular weight is 466 g/mol. The standard InChI is InChI=1S/C16H20F2N4S.HI/c1-4-15-22-12(9-23-15)8-20-16(19-3)21-10(2)11-5-6-13(17)14(18)7-11;/h5-7,9-10H,4,8H2,1-3H3,(H2,19,20,21);1H. The molecule has 0 aliphatic rings. The molecule has 1 aromatic carbocycles. The van der Waals surface area contributed by atoms with Gasteiger partial charge in [-0.15, -0.1) is 35.3 Å². The van der Waals surface area contributed by atoms with E-state index in [4.69, 9.17) is 0 Å². The minimum absolute atomic E-state index is 0. The summed E-state index contributed by atoms with van der Waals surface area (Å²) in [6, 6.07) is 3.66. The van der Waals surface area contributed by atoms with E-state index >= 15 is 0 Å². The zero-order valence-corrected chi connectivity index (χ0v) is 16.9. The summed E-state index contributed by atoms with van der Waals surface area (Å²) >= 11 is 1.63. The van der Waals surface area contributed by atoms with Crippen LogP contribution >= 0.6 is 35.3 Å². The Hall–Kier alpha value is -1.29. The lowest BCUT2D eigenvalue weighted by atomic mass is 10.1. The van der Waals surface area contributed by atoms with Gasteiger partial charge in [0.15, 0.2) is 17.6 Å². The second-order valence-electron chi connectivity index (χ2n) is 5.05. The fourth-order valence-electron chi connectivity index (χ4n) is 2.03. The first-order chi connectivity index (χ1) is 11.0. The molecule has 2 aromatic rings. The van der Waals surface area contributed by atoms with E-state index in [1.54, 1.807) is 24.5 Å². The van der Waals surface area contributed by atoms with Crippen LogP contribution in [0.15, 0.2) is 28.6 Å². The van der Waals surface area contributed by atoms with E-state index in [1.165, 1.54) is 6.07 Å². The summed E-state index contributed by atoms with van der Waals surface area (Å²) in [4.78, 5) is 8.61. The van der Waals surface area contributed by atoms with Gasteiger partial charge in [-0.3, -0.25) is 4.99 Å². The molecule has 0 bridgehead atoms. The van der Waals surface area contributed by atoms with Crippen LogP contribution in [-0.2, 0) is 13.0 Å². The van der Waals surface area contributed by atoms with Crippen LogP contribution < -0.4 is 10.6 Å². The molecule has 0 saturated carbocycles. The smallest absolute Gasteiger partial charge is 0.191 e. The van der Waals surface area contributed by atoms with Crippen molar-refractivity contribution in [2.45, 2.75) is 32.9 Å². The molecule has 0 fully saturated rings. The number of halogens is 3. The molecular weight excluding hydrogens is 445 g/mol. The molecule has 0 saturated heterocycles. The molecule has 0 amide bonds. The van der Waals surface area contributed by atoms with E-state index in [-0.39, 0.29) is 30.0 Å². The first-order valence-electron chi connectivity index (χ1n) is 7.39. The molecule has 0 aliphatic carbocycles. The first kappa shape index (κ1) is 20.8. The van der Waals surface area contributed by atoms with Gasteiger partial charge < -0.3 is 10.6 Å². The third-order valence-electron chi connectivity index (χ3n) is 3.36. The van der Waals surface area contributed by atoms with Crippen LogP contribution in [-0.4, -0.2) is 18.0 Å². The molecule has 132 valence electrons. The van der Waals surface area contributed by atoms with Gasteiger partial charge >= 0.3 is 0 Å². The molecule has 1 atom stereocenters. The number of aryl methyl sites for hydroxylation is 1. The van der Waals surface area contributed by atoms with Crippen molar-refractivity contribution in [1.82, 2.24) is 15.6 Å². The lowest BCUT2D eigenvalue weighted by Crippen LogP contribution is -2.38. The summed E-state index contributed by atoms with van der Waals surface area (Å²) in [6.07, 6.45) is 0.921. The number of aliphatic imine (C=N–C) groups is 1. The Morgan fingerprint density at radius 2 is 2.08 bits per heavy atom. The van der Waals surface area contributed by atoms with Crippen molar-refractivity contribution in [2.24, 2.45) is 4.99 Å². The molecule has 24 heavy (non-hydrogen) atoms. The highest BCUT2D eigenvalue weighted by Crippen LogP contribution is 2.16. The molecule has 0 radical (unpaired) electrons. The topological polar surface area (TPSA) is 49.3 Å². The number of guanidine groups is 1. The van der Waals surface area contributed by atoms with Crippen molar-refractivity contribution in [3.8, 4) is 0 Å². The number of nitrogens with zero attached hydrogens (tertiary/aromatic N) is 2. The predicted octanol–water partition coefficient (Wildman–Crippen LogP) is 4.03. The van der Waals surface area contributed by atoms with Gasteiger partial charge in [0.1, 0.15) is 0 Å². The fourth-order valence-corrected chi connectivity index (χ4v) is 2.78. The van der Waals surface area contributed by atoms with E-state index in [1.807, 2.05) is 12.3 Å². The highest BCUT2D eigenvalue weighted by Gasteiger charge is 2.11. The summed E-state index contributed by atoms with van der Waals surface area (Å²) in [5.41, 5.74) is 1.60. The maximum Gasteiger partial charge on any atom is 0.191 e. The summed E-state index contributed by atoms with van der Waals surface area (Å²) < 4.78 is 26.3. The van der Waals surface area contributed by atoms with Crippen LogP contribution in [0, 0.1) is 11.6 Å². The average Bonchev–Trinajstić information content (AvgIpc) is 3.01. The van der Waals surface area contributed by atoms with Crippen LogP contribution in [0.4, 0.5) is 8.78 Å². The Kier molecular flexibility index (Phi) is 8.54. The third kappa shape index (κ3) is 5.66. The van der Waals surface area contributed by atoms with Crippen molar-refractivity contribution < 1.29 is 8.78 Å². The number of aromatic nitrogens is 1. The lowest BCUT2D eigenvalue weighted by molar-refractivity contribution is 0.504. The fraction of sp³-hybridized carbons (Fsp3) is 0.375. The van der Waals surface area contributed by atoms with Gasteiger partial charge in [0.2, 0.25) is 0 Å². The van der Waals surface area contributed by atoms with Crippen LogP contribution in [0.2, 0.25) is 0 Å². The summed E-state index contributed by atoms with van der Waals surface area (Å²) in [7, 11) is 1.66. The molecule has 0 spiro atoms. The Morgan fingerprint density at radius 3 is 2.67 bits per heavy atom. The van der Waals surface area contributed by atoms with E-state index in [0.717, 1.165) is 23.2 Å². The quantitative estimate of drug-likeness (QED) is 0.398. The van der Waals surface area contributed by atoms with Crippen molar-refractivity contribution in [1.29, 1.82) is 0 Å². The predicted molar refractivity (Wildman–Crippen MR) is 105 cm³/mol. The van der Waals surface area contributed by atoms with Crippen LogP contribution in [0.3, 0.4) is 0 Å². The normalized spacial score (nSPS) is 12.5. The number of benzene rings is 1. The van der Waals surface area contributed by atoms with Crippen LogP contribution in [0.5, 0.6) is 0 Å². The van der Waals surface area contributed by atoms with Crippen LogP contribution in [0.25, 0.3) is 0 Å². The Bertz CT molecular complexity index is 690. The van der Waals surface area contributed by atoms with E-state index in [0.29, 0.717) is 18.1 Å². The Labute approximate surface area is 161 Å². The van der Waals surface area contributed by atoms with Crippen molar-refractivity contribution in [3.05, 3.63) is 51.5 Å². The van der Waals surface area contributed by atoms with Gasteiger partial charge in [-0.1, -0.05) is 13.0 Å². The number of hydrogen-bond donors (Lipinski definition) is 2. The van der Waals surface area contributed by atoms with E-state index in [9.17, 15) is 8.78 Å². The Morgan fingerprint density at radius 1 is 1.33 bits per heavy atom. The molecule has 2 rings (SSSR count). The molecule has 1 aromatic heterocycles.